The summed E-state index contributed by atoms with van der Waals surface area (Å²) in [6, 6.07) is 11.7. The van der Waals surface area contributed by atoms with Crippen molar-refractivity contribution in [3.05, 3.63) is 25.3 Å². The standard InChI is InChI=1S/C13H18N4O2.C10H13ClN4O.C10H14N4O2.C3H6O.Cl5P/c1-5-8-19-11(18)6-7-13(4,10-15)17-16-12(2,3)9-14;1-9(2,6-12)14-15-10(3,7-13)5-4-8(11)16;1-9(2,6-11)13-14-10(3,7-12)5-4-8(15)16;1-2-3-4;1-6(2,3,4)5/h5H,1,6-8H2,2-4H3;4-5H2,1-3H3;4-5H2,1-3H3,(H,15,16);2,4H,1,3H2;. The van der Waals surface area contributed by atoms with Crippen LogP contribution in [0.2, 0.25) is 0 Å². The van der Waals surface area contributed by atoms with Crippen LogP contribution in [0.25, 0.3) is 0 Å². The number of nitrogens with zero attached hydrogens (tertiary/aromatic N) is 12. The molecule has 3 unspecified atom stereocenters. The van der Waals surface area contributed by atoms with Gasteiger partial charge >= 0.3 is 71.5 Å². The summed E-state index contributed by atoms with van der Waals surface area (Å²) in [5.74, 6) is -1.41. The van der Waals surface area contributed by atoms with Crippen LogP contribution in [0.15, 0.2) is 56.0 Å². The molecule has 3 atom stereocenters. The predicted octanol–water partition coefficient (Wildman–Crippen LogP) is 11.5. The summed E-state index contributed by atoms with van der Waals surface area (Å²) in [4.78, 5) is 32.3. The predicted molar refractivity (Wildman–Crippen MR) is 237 cm³/mol. The normalized spacial score (nSPS) is 14.6. The van der Waals surface area contributed by atoms with Gasteiger partial charge in [-0.25, -0.2) is 0 Å². The Hall–Kier alpha value is -4.04. The second-order valence-corrected chi connectivity index (χ2v) is 31.1. The molecule has 61 heavy (non-hydrogen) atoms. The fourth-order valence-electron chi connectivity index (χ4n) is 2.42. The van der Waals surface area contributed by atoms with E-state index >= 15 is 0 Å². The van der Waals surface area contributed by atoms with Gasteiger partial charge in [-0.15, -0.1) is 6.58 Å². The first kappa shape index (κ1) is 66.1. The molecule has 0 amide bonds. The summed E-state index contributed by atoms with van der Waals surface area (Å²) in [7, 11) is 0. The van der Waals surface area contributed by atoms with E-state index in [1.54, 1.807) is 55.4 Å². The van der Waals surface area contributed by atoms with Gasteiger partial charge in [0.2, 0.25) is 5.24 Å². The number of hydrogen-bond donors (Lipinski definition) is 2. The number of rotatable bonds is 18. The molecule has 0 aliphatic carbocycles. The molecule has 0 aliphatic heterocycles. The molecule has 0 aromatic rings. The number of aliphatic hydroxyl groups is 1. The van der Waals surface area contributed by atoms with Crippen LogP contribution in [-0.2, 0) is 19.1 Å². The van der Waals surface area contributed by atoms with E-state index in [9.17, 15) is 14.4 Å². The Morgan fingerprint density at radius 3 is 1.08 bits per heavy atom. The third kappa shape index (κ3) is 48.5. The second-order valence-electron chi connectivity index (χ2n) is 14.1. The van der Waals surface area contributed by atoms with Gasteiger partial charge in [0.05, 0.1) is 43.0 Å². The van der Waals surface area contributed by atoms with Gasteiger partial charge in [-0.05, 0) is 93.2 Å². The van der Waals surface area contributed by atoms with Crippen molar-refractivity contribution in [3.8, 4) is 36.4 Å². The number of carbonyl (C=O) groups is 3. The minimum atomic E-state index is -3.69. The van der Waals surface area contributed by atoms with E-state index in [4.69, 9.17) is 114 Å². The Morgan fingerprint density at radius 2 is 0.869 bits per heavy atom. The summed E-state index contributed by atoms with van der Waals surface area (Å²) in [5, 5.41) is 91.7. The van der Waals surface area contributed by atoms with Crippen LogP contribution >= 0.6 is 71.2 Å². The Bertz CT molecular complexity index is 1720. The first-order chi connectivity index (χ1) is 27.4. The number of nitriles is 6. The third-order valence-electron chi connectivity index (χ3n) is 6.05. The van der Waals surface area contributed by atoms with Gasteiger partial charge in [-0.3, -0.25) is 14.4 Å². The number of ether oxygens (including phenoxy) is 1. The maximum atomic E-state index is 11.3. The molecule has 25 heteroatoms. The number of azo groups is 3. The van der Waals surface area contributed by atoms with Crippen molar-refractivity contribution in [2.75, 3.05) is 13.2 Å². The molecule has 2 N–H and O–H groups in total. The minimum absolute atomic E-state index is 0.0532. The first-order valence-electron chi connectivity index (χ1n) is 17.2. The number of aliphatic hydroxyl groups excluding tert-OH is 1. The fourth-order valence-corrected chi connectivity index (χ4v) is 2.51. The van der Waals surface area contributed by atoms with Crippen molar-refractivity contribution < 1.29 is 29.3 Å². The van der Waals surface area contributed by atoms with Crippen LogP contribution in [0.1, 0.15) is 101 Å². The number of carboxylic acid groups (broad SMARTS) is 1. The van der Waals surface area contributed by atoms with Crippen molar-refractivity contribution in [2.45, 2.75) is 134 Å². The van der Waals surface area contributed by atoms with Crippen molar-refractivity contribution in [2.24, 2.45) is 30.7 Å². The summed E-state index contributed by atoms with van der Waals surface area (Å²) in [6.07, 6.45) is 3.30. The van der Waals surface area contributed by atoms with Crippen LogP contribution in [0.4, 0.5) is 0 Å². The summed E-state index contributed by atoms with van der Waals surface area (Å²) >= 11 is 30.1. The molecule has 0 heterocycles. The van der Waals surface area contributed by atoms with E-state index in [1.807, 2.05) is 36.4 Å². The molecular weight excluding hydrogens is 940 g/mol. The molecule has 0 aliphatic rings. The maximum absolute atomic E-state index is 11.3. The molecule has 0 aromatic heterocycles. The van der Waals surface area contributed by atoms with Crippen LogP contribution in [0.5, 0.6) is 0 Å². The monoisotopic (exact) mass is 988 g/mol. The molecule has 0 aromatic carbocycles. The van der Waals surface area contributed by atoms with E-state index < -0.39 is 53.8 Å². The Morgan fingerprint density at radius 1 is 0.590 bits per heavy atom. The van der Waals surface area contributed by atoms with E-state index in [1.165, 1.54) is 19.1 Å². The number of esters is 1. The number of carboxylic acids is 1. The quantitative estimate of drug-likeness (QED) is 0.0426. The zero-order valence-electron chi connectivity index (χ0n) is 35.3. The first-order valence-corrected chi connectivity index (χ1v) is 24.4. The average molecular weight is 992 g/mol. The topological polar surface area (TPSA) is 318 Å². The van der Waals surface area contributed by atoms with E-state index in [-0.39, 0.29) is 51.7 Å². The van der Waals surface area contributed by atoms with Crippen molar-refractivity contribution in [1.29, 1.82) is 31.6 Å². The van der Waals surface area contributed by atoms with Gasteiger partial charge in [-0.1, -0.05) is 18.7 Å². The molecule has 0 rings (SSSR count). The zero-order valence-corrected chi connectivity index (χ0v) is 40.8. The number of aliphatic carboxylic acids is 1. The van der Waals surface area contributed by atoms with E-state index in [0.717, 1.165) is 0 Å². The van der Waals surface area contributed by atoms with Crippen molar-refractivity contribution in [3.63, 3.8) is 0 Å². The van der Waals surface area contributed by atoms with E-state index in [2.05, 4.69) is 43.8 Å². The molecular formula is C36H51Cl6N12O6P. The van der Waals surface area contributed by atoms with Gasteiger partial charge in [0.25, 0.3) is 0 Å². The van der Waals surface area contributed by atoms with Gasteiger partial charge in [0, 0.05) is 19.3 Å². The second kappa shape index (κ2) is 30.9. The van der Waals surface area contributed by atoms with Gasteiger partial charge in [0.1, 0.15) is 6.61 Å². The molecule has 0 radical (unpaired) electrons. The molecule has 0 spiro atoms. The molecule has 0 bridgehead atoms. The summed E-state index contributed by atoms with van der Waals surface area (Å²) in [6.45, 7) is 21.0. The molecule has 338 valence electrons. The van der Waals surface area contributed by atoms with Gasteiger partial charge in [0.15, 0.2) is 33.2 Å². The van der Waals surface area contributed by atoms with Gasteiger partial charge in [-0.2, -0.15) is 62.3 Å². The van der Waals surface area contributed by atoms with Crippen molar-refractivity contribution >= 4 is 88.4 Å². The van der Waals surface area contributed by atoms with Gasteiger partial charge < -0.3 is 14.9 Å². The third-order valence-corrected chi connectivity index (χ3v) is 6.24. The van der Waals surface area contributed by atoms with Crippen LogP contribution < -0.4 is 0 Å². The van der Waals surface area contributed by atoms with Crippen LogP contribution in [0.3, 0.4) is 0 Å². The van der Waals surface area contributed by atoms with E-state index in [0.29, 0.717) is 0 Å². The number of halogens is 6. The molecule has 0 fully saturated rings. The number of hydrogen-bond acceptors (Lipinski definition) is 17. The average Bonchev–Trinajstić information content (AvgIpc) is 3.18. The Balaban J connectivity index is -0.000000231. The summed E-state index contributed by atoms with van der Waals surface area (Å²) in [5.41, 5.74) is -6.39. The molecule has 0 saturated carbocycles. The molecule has 18 nitrogen and oxygen atoms in total. The number of carbonyl (C=O) groups excluding carboxylic acids is 2. The molecule has 0 saturated heterocycles. The van der Waals surface area contributed by atoms with Crippen LogP contribution in [-0.4, -0.2) is 73.8 Å². The zero-order chi connectivity index (χ0) is 49.4. The SMILES string of the molecule is C=CCO.C=CCOC(=O)CCC(C)(C#N)N=NC(C)(C)C#N.CC(C)(C#N)N=NC(C)(C#N)CCC(=O)Cl.CC(C)(C#N)N=NC(C)(C#N)CCC(=O)O.ClP(Cl)(Cl)(Cl)Cl. The van der Waals surface area contributed by atoms with Crippen molar-refractivity contribution in [1.82, 2.24) is 0 Å². The summed E-state index contributed by atoms with van der Waals surface area (Å²) < 4.78 is 1.12. The Kier molecular flexibility index (Phi) is 33.5. The Labute approximate surface area is 386 Å². The van der Waals surface area contributed by atoms with Crippen LogP contribution in [0, 0.1) is 68.0 Å². The fraction of sp³-hybridized carbons (Fsp3) is 0.639.